The highest BCUT2D eigenvalue weighted by atomic mass is 127. The fourth-order valence-corrected chi connectivity index (χ4v) is 2.40. The van der Waals surface area contributed by atoms with Crippen LogP contribution in [0.15, 0.2) is 42.6 Å². The number of amides is 1. The van der Waals surface area contributed by atoms with Gasteiger partial charge in [0.1, 0.15) is 11.6 Å². The molecule has 0 aliphatic heterocycles. The summed E-state index contributed by atoms with van der Waals surface area (Å²) in [5, 5.41) is 2.79. The third kappa shape index (κ3) is 4.93. The van der Waals surface area contributed by atoms with Crippen molar-refractivity contribution in [1.29, 1.82) is 0 Å². The average Bonchev–Trinajstić information content (AvgIpc) is 2.48. The Labute approximate surface area is 157 Å². The number of hydrogen-bond donors (Lipinski definition) is 1. The van der Waals surface area contributed by atoms with Gasteiger partial charge in [0, 0.05) is 9.77 Å². The van der Waals surface area contributed by atoms with Crippen LogP contribution < -0.4 is 10.1 Å². The van der Waals surface area contributed by atoms with E-state index in [2.05, 4.69) is 53.7 Å². The monoisotopic (exact) mass is 438 g/mol. The molecule has 0 bridgehead atoms. The summed E-state index contributed by atoms with van der Waals surface area (Å²) in [5.74, 6) is 0.940. The number of aromatic nitrogens is 1. The molecule has 0 atom stereocenters. The molecule has 1 N–H and O–H groups in total. The van der Waals surface area contributed by atoms with E-state index in [0.717, 1.165) is 3.57 Å². The van der Waals surface area contributed by atoms with Gasteiger partial charge in [-0.25, -0.2) is 4.98 Å². The Morgan fingerprint density at radius 2 is 1.67 bits per heavy atom. The van der Waals surface area contributed by atoms with E-state index in [0.29, 0.717) is 11.6 Å². The number of carbonyl (C=O) groups excluding carboxylic acids is 1. The first kappa shape index (κ1) is 18.7. The molecule has 1 aromatic heterocycles. The number of nitrogens with zero attached hydrogens (tertiary/aromatic N) is 1. The van der Waals surface area contributed by atoms with E-state index in [1.54, 1.807) is 26.1 Å². The Bertz CT molecular complexity index is 702. The van der Waals surface area contributed by atoms with Crippen LogP contribution in [0.1, 0.15) is 40.2 Å². The molecule has 0 aliphatic carbocycles. The van der Waals surface area contributed by atoms with Crippen LogP contribution in [0.3, 0.4) is 0 Å². The van der Waals surface area contributed by atoms with E-state index in [1.165, 1.54) is 5.56 Å². The van der Waals surface area contributed by atoms with Crippen molar-refractivity contribution < 1.29 is 9.53 Å². The maximum absolute atomic E-state index is 12.5. The molecule has 0 aliphatic rings. The van der Waals surface area contributed by atoms with Crippen molar-refractivity contribution in [3.05, 3.63) is 51.7 Å². The van der Waals surface area contributed by atoms with E-state index in [9.17, 15) is 4.79 Å². The number of ether oxygens (including phenoxy) is 1. The molecule has 1 aromatic carbocycles. The highest BCUT2D eigenvalue weighted by molar-refractivity contribution is 14.1. The van der Waals surface area contributed by atoms with Gasteiger partial charge in [0.15, 0.2) is 5.60 Å². The van der Waals surface area contributed by atoms with Crippen molar-refractivity contribution in [1.82, 2.24) is 4.98 Å². The van der Waals surface area contributed by atoms with Gasteiger partial charge >= 0.3 is 0 Å². The molecule has 0 fully saturated rings. The Kier molecular flexibility index (Phi) is 5.52. The van der Waals surface area contributed by atoms with Crippen molar-refractivity contribution in [2.45, 2.75) is 45.6 Å². The molecule has 0 spiro atoms. The number of rotatable bonds is 4. The normalized spacial score (nSPS) is 11.9. The van der Waals surface area contributed by atoms with Gasteiger partial charge in [0.2, 0.25) is 0 Å². The van der Waals surface area contributed by atoms with E-state index < -0.39 is 5.60 Å². The van der Waals surface area contributed by atoms with E-state index in [4.69, 9.17) is 4.74 Å². The van der Waals surface area contributed by atoms with Gasteiger partial charge in [-0.15, -0.1) is 0 Å². The van der Waals surface area contributed by atoms with Crippen molar-refractivity contribution in [2.75, 3.05) is 5.32 Å². The number of halogens is 1. The Balaban J connectivity index is 2.06. The third-order valence-electron chi connectivity index (χ3n) is 3.61. The second-order valence-corrected chi connectivity index (χ2v) is 8.45. The minimum absolute atomic E-state index is 0.0852. The second kappa shape index (κ2) is 7.09. The molecule has 0 unspecified atom stereocenters. The predicted molar refractivity (Wildman–Crippen MR) is 105 cm³/mol. The molecule has 0 saturated heterocycles. The lowest BCUT2D eigenvalue weighted by molar-refractivity contribution is -0.128. The maximum Gasteiger partial charge on any atom is 0.269 e. The van der Waals surface area contributed by atoms with Crippen molar-refractivity contribution in [3.63, 3.8) is 0 Å². The minimum atomic E-state index is -1.01. The molecule has 24 heavy (non-hydrogen) atoms. The van der Waals surface area contributed by atoms with E-state index in [-0.39, 0.29) is 11.3 Å². The van der Waals surface area contributed by atoms with Crippen LogP contribution >= 0.6 is 22.6 Å². The zero-order chi connectivity index (χ0) is 18.0. The highest BCUT2D eigenvalue weighted by Gasteiger charge is 2.30. The number of nitrogens with one attached hydrogen (secondary N) is 1. The van der Waals surface area contributed by atoms with E-state index in [1.807, 2.05) is 30.3 Å². The van der Waals surface area contributed by atoms with Gasteiger partial charge in [0.25, 0.3) is 5.91 Å². The first-order chi connectivity index (χ1) is 11.1. The van der Waals surface area contributed by atoms with Crippen molar-refractivity contribution in [3.8, 4) is 5.75 Å². The topological polar surface area (TPSA) is 51.2 Å². The van der Waals surface area contributed by atoms with Crippen LogP contribution in [0.2, 0.25) is 0 Å². The van der Waals surface area contributed by atoms with Crippen LogP contribution in [0.4, 0.5) is 5.82 Å². The molecule has 5 heteroatoms. The van der Waals surface area contributed by atoms with Crippen molar-refractivity contribution >= 4 is 34.3 Å². The molecule has 4 nitrogen and oxygen atoms in total. The first-order valence-electron chi connectivity index (χ1n) is 7.80. The van der Waals surface area contributed by atoms with Crippen LogP contribution in [-0.4, -0.2) is 16.5 Å². The molecule has 1 heterocycles. The smallest absolute Gasteiger partial charge is 0.269 e. The predicted octanol–water partition coefficient (Wildman–Crippen LogP) is 4.78. The maximum atomic E-state index is 12.5. The molecule has 2 aromatic rings. The van der Waals surface area contributed by atoms with Gasteiger partial charge in [-0.2, -0.15) is 0 Å². The SMILES string of the molecule is CC(C)(Oc1ccc(C(C)(C)C)cc1)C(=O)Nc1ccc(I)cn1. The van der Waals surface area contributed by atoms with Gasteiger partial charge in [-0.3, -0.25) is 4.79 Å². The summed E-state index contributed by atoms with van der Waals surface area (Å²) in [7, 11) is 0. The van der Waals surface area contributed by atoms with Gasteiger partial charge in [-0.1, -0.05) is 32.9 Å². The number of pyridine rings is 1. The number of benzene rings is 1. The molecule has 1 amide bonds. The fourth-order valence-electron chi connectivity index (χ4n) is 2.08. The molecular weight excluding hydrogens is 415 g/mol. The zero-order valence-electron chi connectivity index (χ0n) is 14.7. The van der Waals surface area contributed by atoms with Gasteiger partial charge in [-0.05, 0) is 71.7 Å². The lowest BCUT2D eigenvalue weighted by atomic mass is 9.87. The lowest BCUT2D eigenvalue weighted by Crippen LogP contribution is -2.42. The Hall–Kier alpha value is -1.63. The van der Waals surface area contributed by atoms with Gasteiger partial charge in [0.05, 0.1) is 0 Å². The fraction of sp³-hybridized carbons (Fsp3) is 0.368. The summed E-state index contributed by atoms with van der Waals surface area (Å²) < 4.78 is 6.90. The zero-order valence-corrected chi connectivity index (χ0v) is 16.8. The van der Waals surface area contributed by atoms with Crippen LogP contribution in [0.25, 0.3) is 0 Å². The highest BCUT2D eigenvalue weighted by Crippen LogP contribution is 2.26. The Morgan fingerprint density at radius 3 is 2.17 bits per heavy atom. The third-order valence-corrected chi connectivity index (χ3v) is 4.25. The molecule has 0 saturated carbocycles. The summed E-state index contributed by atoms with van der Waals surface area (Å²) in [6.45, 7) is 9.97. The van der Waals surface area contributed by atoms with Crippen molar-refractivity contribution in [2.24, 2.45) is 0 Å². The Morgan fingerprint density at radius 1 is 1.04 bits per heavy atom. The summed E-state index contributed by atoms with van der Waals surface area (Å²) in [4.78, 5) is 16.7. The lowest BCUT2D eigenvalue weighted by Gasteiger charge is -2.26. The molecule has 128 valence electrons. The summed E-state index contributed by atoms with van der Waals surface area (Å²) >= 11 is 2.17. The van der Waals surface area contributed by atoms with Crippen LogP contribution in [0, 0.1) is 3.57 Å². The van der Waals surface area contributed by atoms with E-state index >= 15 is 0 Å². The minimum Gasteiger partial charge on any atom is -0.478 e. The van der Waals surface area contributed by atoms with Crippen LogP contribution in [0.5, 0.6) is 5.75 Å². The number of hydrogen-bond acceptors (Lipinski definition) is 3. The summed E-state index contributed by atoms with van der Waals surface area (Å²) in [6, 6.07) is 11.5. The average molecular weight is 438 g/mol. The number of anilines is 1. The second-order valence-electron chi connectivity index (χ2n) is 7.20. The summed E-state index contributed by atoms with van der Waals surface area (Å²) in [6.07, 6.45) is 1.70. The largest absolute Gasteiger partial charge is 0.478 e. The number of carbonyl (C=O) groups is 1. The molecule has 0 radical (unpaired) electrons. The molecular formula is C19H23IN2O2. The quantitative estimate of drug-likeness (QED) is 0.700. The summed E-state index contributed by atoms with van der Waals surface area (Å²) in [5.41, 5.74) is 0.302. The standard InChI is InChI=1S/C19H23IN2O2/c1-18(2,3)13-6-9-15(10-7-13)24-19(4,5)17(23)22-16-11-8-14(20)12-21-16/h6-12H,1-5H3,(H,21,22,23). The van der Waals surface area contributed by atoms with Gasteiger partial charge < -0.3 is 10.1 Å². The molecule has 2 rings (SSSR count). The van der Waals surface area contributed by atoms with Crippen LogP contribution in [-0.2, 0) is 10.2 Å². The first-order valence-corrected chi connectivity index (χ1v) is 8.88.